The fourth-order valence-electron chi connectivity index (χ4n) is 6.46. The van der Waals surface area contributed by atoms with Crippen molar-refractivity contribution in [3.63, 3.8) is 0 Å². The highest BCUT2D eigenvalue weighted by atomic mass is 35.5. The van der Waals surface area contributed by atoms with Crippen LogP contribution in [0.5, 0.6) is 0 Å². The summed E-state index contributed by atoms with van der Waals surface area (Å²) >= 11 is 6.13. The highest BCUT2D eigenvalue weighted by Gasteiger charge is 2.32. The van der Waals surface area contributed by atoms with Crippen LogP contribution in [0.15, 0.2) is 65.2 Å². The number of likely N-dealkylation sites (tertiary alicyclic amines) is 1. The van der Waals surface area contributed by atoms with Crippen LogP contribution in [0.2, 0.25) is 5.02 Å². The molecule has 0 spiro atoms. The number of hydrogen-bond donors (Lipinski definition) is 2. The van der Waals surface area contributed by atoms with Gasteiger partial charge in [0.25, 0.3) is 5.91 Å². The molecule has 1 aliphatic heterocycles. The first-order valence-electron chi connectivity index (χ1n) is 14.3. The van der Waals surface area contributed by atoms with E-state index in [1.54, 1.807) is 0 Å². The summed E-state index contributed by atoms with van der Waals surface area (Å²) in [5, 5.41) is 4.52. The second-order valence-corrected chi connectivity index (χ2v) is 11.8. The van der Waals surface area contributed by atoms with Crippen molar-refractivity contribution in [1.29, 1.82) is 0 Å². The molecule has 1 saturated heterocycles. The molecule has 5 nitrogen and oxygen atoms in total. The van der Waals surface area contributed by atoms with Crippen molar-refractivity contribution in [2.24, 2.45) is 5.92 Å². The smallest absolute Gasteiger partial charge is 0.416 e. The molecule has 6 rings (SSSR count). The van der Waals surface area contributed by atoms with E-state index in [0.29, 0.717) is 11.8 Å². The van der Waals surface area contributed by atoms with E-state index in [-0.39, 0.29) is 34.1 Å². The Balaban J connectivity index is 0.973. The monoisotopic (exact) mass is 583 g/mol. The SMILES string of the molecule is O=C(NC1CCC(CN2CCC(c3c[nH]c4ccccc34)CC2)CC1)c1ccc(-c2cc(C(F)(F)F)ccc2Cl)o1. The van der Waals surface area contributed by atoms with Crippen LogP contribution < -0.4 is 5.32 Å². The molecule has 1 amide bonds. The van der Waals surface area contributed by atoms with E-state index < -0.39 is 11.7 Å². The molecule has 0 atom stereocenters. The number of H-pyrrole nitrogens is 1. The van der Waals surface area contributed by atoms with Crippen LogP contribution in [0.4, 0.5) is 13.2 Å². The minimum Gasteiger partial charge on any atom is -0.451 e. The molecular formula is C32H33ClF3N3O2. The van der Waals surface area contributed by atoms with E-state index in [2.05, 4.69) is 45.7 Å². The molecule has 9 heteroatoms. The lowest BCUT2D eigenvalue weighted by Gasteiger charge is -2.36. The number of para-hydroxylation sites is 1. The van der Waals surface area contributed by atoms with Crippen molar-refractivity contribution in [3.05, 3.63) is 82.7 Å². The van der Waals surface area contributed by atoms with Crippen LogP contribution >= 0.6 is 11.6 Å². The summed E-state index contributed by atoms with van der Waals surface area (Å²) in [5.41, 5.74) is 1.93. The number of nitrogens with one attached hydrogen (secondary N) is 2. The van der Waals surface area contributed by atoms with Crippen LogP contribution in [-0.2, 0) is 6.18 Å². The second kappa shape index (κ2) is 11.6. The number of furan rings is 1. The third kappa shape index (κ3) is 6.19. The lowest BCUT2D eigenvalue weighted by molar-refractivity contribution is -0.137. The van der Waals surface area contributed by atoms with Crippen LogP contribution in [0.3, 0.4) is 0 Å². The minimum atomic E-state index is -4.50. The molecule has 4 aromatic rings. The maximum atomic E-state index is 13.1. The molecule has 0 unspecified atom stereocenters. The van der Waals surface area contributed by atoms with Crippen LogP contribution in [0, 0.1) is 5.92 Å². The van der Waals surface area contributed by atoms with Gasteiger partial charge in [-0.3, -0.25) is 4.79 Å². The molecule has 216 valence electrons. The zero-order valence-electron chi connectivity index (χ0n) is 22.6. The third-order valence-electron chi connectivity index (χ3n) is 8.74. The van der Waals surface area contributed by atoms with E-state index in [4.69, 9.17) is 16.0 Å². The highest BCUT2D eigenvalue weighted by molar-refractivity contribution is 6.33. The number of alkyl halides is 3. The highest BCUT2D eigenvalue weighted by Crippen LogP contribution is 2.37. The lowest BCUT2D eigenvalue weighted by Crippen LogP contribution is -2.41. The number of nitrogens with zero attached hydrogens (tertiary/aromatic N) is 1. The maximum Gasteiger partial charge on any atom is 0.416 e. The first-order valence-corrected chi connectivity index (χ1v) is 14.7. The van der Waals surface area contributed by atoms with Crippen LogP contribution in [0.25, 0.3) is 22.2 Å². The van der Waals surface area contributed by atoms with E-state index >= 15 is 0 Å². The standard InChI is InChI=1S/C32H33ClF3N3O2/c33-27-10-7-22(32(34,35)36)17-25(27)29-11-12-30(41-29)31(40)38-23-8-5-20(6-9-23)19-39-15-13-21(14-16-39)26-18-37-28-4-2-1-3-24(26)28/h1-4,7,10-12,17-18,20-21,23,37H,5-6,8-9,13-16,19H2,(H,38,40). The molecule has 41 heavy (non-hydrogen) atoms. The van der Waals surface area contributed by atoms with Crippen molar-refractivity contribution in [2.45, 2.75) is 56.7 Å². The average molecular weight is 584 g/mol. The lowest BCUT2D eigenvalue weighted by atomic mass is 9.84. The van der Waals surface area contributed by atoms with Gasteiger partial charge in [-0.25, -0.2) is 0 Å². The Kier molecular flexibility index (Phi) is 7.88. The number of halogens is 4. The zero-order valence-corrected chi connectivity index (χ0v) is 23.4. The van der Waals surface area contributed by atoms with Gasteiger partial charge in [-0.2, -0.15) is 13.2 Å². The van der Waals surface area contributed by atoms with Crippen LogP contribution in [-0.4, -0.2) is 41.5 Å². The number of carbonyl (C=O) groups excluding carboxylic acids is 1. The molecule has 2 aliphatic rings. The fraction of sp³-hybridized carbons (Fsp3) is 0.406. The van der Waals surface area contributed by atoms with Gasteiger partial charge >= 0.3 is 6.18 Å². The summed E-state index contributed by atoms with van der Waals surface area (Å²) in [6.45, 7) is 3.32. The molecule has 2 N–H and O–H groups in total. The normalized spacial score (nSPS) is 20.9. The Bertz CT molecular complexity index is 1510. The average Bonchev–Trinajstić information content (AvgIpc) is 3.62. The Hall–Kier alpha value is -3.23. The van der Waals surface area contributed by atoms with Crippen LogP contribution in [0.1, 0.15) is 66.1 Å². The predicted molar refractivity (Wildman–Crippen MR) is 154 cm³/mol. The van der Waals surface area contributed by atoms with Gasteiger partial charge in [0.05, 0.1) is 10.6 Å². The van der Waals surface area contributed by atoms with E-state index in [9.17, 15) is 18.0 Å². The summed E-state index contributed by atoms with van der Waals surface area (Å²) in [4.78, 5) is 18.9. The summed E-state index contributed by atoms with van der Waals surface area (Å²) < 4.78 is 45.1. The number of benzene rings is 2. The third-order valence-corrected chi connectivity index (χ3v) is 9.07. The number of hydrogen-bond acceptors (Lipinski definition) is 3. The van der Waals surface area contributed by atoms with Crippen molar-refractivity contribution in [3.8, 4) is 11.3 Å². The number of aromatic nitrogens is 1. The molecular weight excluding hydrogens is 551 g/mol. The van der Waals surface area contributed by atoms with Crippen molar-refractivity contribution in [1.82, 2.24) is 15.2 Å². The molecule has 2 aromatic heterocycles. The van der Waals surface area contributed by atoms with Gasteiger partial charge in [0.15, 0.2) is 5.76 Å². The summed E-state index contributed by atoms with van der Waals surface area (Å²) in [6, 6.07) is 14.6. The first-order chi connectivity index (χ1) is 19.7. The first kappa shape index (κ1) is 27.9. The second-order valence-electron chi connectivity index (χ2n) is 11.4. The van der Waals surface area contributed by atoms with Crippen molar-refractivity contribution < 1.29 is 22.4 Å². The van der Waals surface area contributed by atoms with Gasteiger partial charge in [0, 0.05) is 35.2 Å². The summed E-state index contributed by atoms with van der Waals surface area (Å²) in [6.07, 6.45) is 3.93. The predicted octanol–water partition coefficient (Wildman–Crippen LogP) is 8.27. The summed E-state index contributed by atoms with van der Waals surface area (Å²) in [7, 11) is 0. The molecule has 3 heterocycles. The quantitative estimate of drug-likeness (QED) is 0.240. The van der Waals surface area contributed by atoms with E-state index in [0.717, 1.165) is 57.5 Å². The maximum absolute atomic E-state index is 13.1. The number of carbonyl (C=O) groups is 1. The molecule has 2 aromatic carbocycles. The van der Waals surface area contributed by atoms with Gasteiger partial charge in [-0.05, 0) is 105 Å². The number of fused-ring (bicyclic) bond motifs is 1. The molecule has 0 bridgehead atoms. The zero-order chi connectivity index (χ0) is 28.6. The Labute approximate surface area is 242 Å². The number of amides is 1. The Morgan fingerprint density at radius 3 is 2.51 bits per heavy atom. The topological polar surface area (TPSA) is 61.3 Å². The molecule has 1 saturated carbocycles. The molecule has 2 fully saturated rings. The number of piperidine rings is 1. The largest absolute Gasteiger partial charge is 0.451 e. The van der Waals surface area contributed by atoms with Gasteiger partial charge in [-0.1, -0.05) is 29.8 Å². The fourth-order valence-corrected chi connectivity index (χ4v) is 6.68. The summed E-state index contributed by atoms with van der Waals surface area (Å²) in [5.74, 6) is 1.05. The van der Waals surface area contributed by atoms with Crippen molar-refractivity contribution in [2.75, 3.05) is 19.6 Å². The number of rotatable bonds is 6. The van der Waals surface area contributed by atoms with Gasteiger partial charge < -0.3 is 19.6 Å². The molecule has 1 aliphatic carbocycles. The Morgan fingerprint density at radius 1 is 1.00 bits per heavy atom. The Morgan fingerprint density at radius 2 is 1.76 bits per heavy atom. The molecule has 0 radical (unpaired) electrons. The minimum absolute atomic E-state index is 0.0528. The van der Waals surface area contributed by atoms with Gasteiger partial charge in [0.2, 0.25) is 0 Å². The van der Waals surface area contributed by atoms with Crippen molar-refractivity contribution >= 4 is 28.4 Å². The van der Waals surface area contributed by atoms with E-state index in [1.807, 2.05) is 0 Å². The van der Waals surface area contributed by atoms with Gasteiger partial charge in [0.1, 0.15) is 5.76 Å². The number of aromatic amines is 1. The van der Waals surface area contributed by atoms with Gasteiger partial charge in [-0.15, -0.1) is 0 Å². The van der Waals surface area contributed by atoms with E-state index in [1.165, 1.54) is 47.5 Å².